The van der Waals surface area contributed by atoms with E-state index in [1.807, 2.05) is 0 Å². The Bertz CT molecular complexity index is 261. The van der Waals surface area contributed by atoms with Crippen LogP contribution in [0.2, 0.25) is 0 Å². The molecule has 0 saturated carbocycles. The summed E-state index contributed by atoms with van der Waals surface area (Å²) in [5, 5.41) is 12.1. The second-order valence-corrected chi connectivity index (χ2v) is 5.14. The number of aliphatic hydroxyl groups is 1. The number of likely N-dealkylation sites (tertiary alicyclic amines) is 1. The van der Waals surface area contributed by atoms with Crippen molar-refractivity contribution in [1.29, 1.82) is 0 Å². The molecule has 2 atom stereocenters. The summed E-state index contributed by atoms with van der Waals surface area (Å²) in [5.74, 6) is 0. The van der Waals surface area contributed by atoms with Crippen molar-refractivity contribution in [3.8, 4) is 0 Å². The maximum atomic E-state index is 11.9. The van der Waals surface area contributed by atoms with Crippen molar-refractivity contribution in [2.75, 3.05) is 33.3 Å². The lowest BCUT2D eigenvalue weighted by atomic mass is 10.2. The van der Waals surface area contributed by atoms with Crippen LogP contribution >= 0.6 is 0 Å². The number of hydrogen-bond acceptors (Lipinski definition) is 3. The molecule has 1 rings (SSSR count). The van der Waals surface area contributed by atoms with Gasteiger partial charge in [-0.2, -0.15) is 0 Å². The van der Waals surface area contributed by atoms with Crippen molar-refractivity contribution in [1.82, 2.24) is 15.1 Å². The van der Waals surface area contributed by atoms with Crippen LogP contribution in [-0.4, -0.2) is 66.3 Å². The van der Waals surface area contributed by atoms with E-state index in [9.17, 15) is 9.90 Å². The summed E-state index contributed by atoms with van der Waals surface area (Å²) in [6, 6.07) is 0.514. The SMILES string of the molecule is CCC(C)N(C)CCNC(=O)N1CCCC1CO. The fourth-order valence-corrected chi connectivity index (χ4v) is 2.27. The molecule has 0 aromatic heterocycles. The van der Waals surface area contributed by atoms with E-state index in [0.717, 1.165) is 32.4 Å². The summed E-state index contributed by atoms with van der Waals surface area (Å²) in [4.78, 5) is 15.9. The minimum Gasteiger partial charge on any atom is -0.394 e. The van der Waals surface area contributed by atoms with E-state index >= 15 is 0 Å². The molecular weight excluding hydrogens is 230 g/mol. The number of carbonyl (C=O) groups excluding carboxylic acids is 1. The zero-order chi connectivity index (χ0) is 13.5. The van der Waals surface area contributed by atoms with E-state index in [1.54, 1.807) is 4.90 Å². The molecule has 1 aliphatic rings. The summed E-state index contributed by atoms with van der Waals surface area (Å²) in [5.41, 5.74) is 0. The molecule has 1 saturated heterocycles. The molecule has 2 N–H and O–H groups in total. The second kappa shape index (κ2) is 7.59. The normalized spacial score (nSPS) is 21.4. The van der Waals surface area contributed by atoms with Crippen molar-refractivity contribution in [2.45, 2.75) is 45.2 Å². The van der Waals surface area contributed by atoms with Crippen molar-refractivity contribution in [3.63, 3.8) is 0 Å². The highest BCUT2D eigenvalue weighted by molar-refractivity contribution is 5.74. The topological polar surface area (TPSA) is 55.8 Å². The van der Waals surface area contributed by atoms with Crippen LogP contribution < -0.4 is 5.32 Å². The van der Waals surface area contributed by atoms with Gasteiger partial charge in [0, 0.05) is 25.7 Å². The Morgan fingerprint density at radius 2 is 2.33 bits per heavy atom. The third-order valence-corrected chi connectivity index (χ3v) is 3.93. The molecule has 2 amide bonds. The first-order valence-electron chi connectivity index (χ1n) is 6.95. The van der Waals surface area contributed by atoms with Gasteiger partial charge in [-0.15, -0.1) is 0 Å². The predicted octanol–water partition coefficient (Wildman–Crippen LogP) is 0.883. The Balaban J connectivity index is 2.25. The average molecular weight is 257 g/mol. The number of nitrogens with one attached hydrogen (secondary N) is 1. The van der Waals surface area contributed by atoms with Crippen LogP contribution in [0.5, 0.6) is 0 Å². The Kier molecular flexibility index (Phi) is 6.43. The maximum Gasteiger partial charge on any atom is 0.317 e. The van der Waals surface area contributed by atoms with Crippen LogP contribution in [0.1, 0.15) is 33.1 Å². The Morgan fingerprint density at radius 1 is 1.61 bits per heavy atom. The number of hydrogen-bond donors (Lipinski definition) is 2. The summed E-state index contributed by atoms with van der Waals surface area (Å²) in [6.45, 7) is 6.70. The van der Waals surface area contributed by atoms with Crippen molar-refractivity contribution in [3.05, 3.63) is 0 Å². The number of nitrogens with zero attached hydrogens (tertiary/aromatic N) is 2. The summed E-state index contributed by atoms with van der Waals surface area (Å²) >= 11 is 0. The van der Waals surface area contributed by atoms with Gasteiger partial charge in [-0.1, -0.05) is 6.92 Å². The monoisotopic (exact) mass is 257 g/mol. The Hall–Kier alpha value is -0.810. The van der Waals surface area contributed by atoms with E-state index in [0.29, 0.717) is 12.6 Å². The van der Waals surface area contributed by atoms with E-state index in [2.05, 4.69) is 31.1 Å². The summed E-state index contributed by atoms with van der Waals surface area (Å²) in [6.07, 6.45) is 3.02. The third-order valence-electron chi connectivity index (χ3n) is 3.93. The van der Waals surface area contributed by atoms with Gasteiger partial charge in [0.1, 0.15) is 0 Å². The van der Waals surface area contributed by atoms with Gasteiger partial charge in [0.2, 0.25) is 0 Å². The quantitative estimate of drug-likeness (QED) is 0.743. The molecule has 1 aliphatic heterocycles. The first kappa shape index (κ1) is 15.2. The zero-order valence-corrected chi connectivity index (χ0v) is 11.9. The van der Waals surface area contributed by atoms with E-state index in [4.69, 9.17) is 0 Å². The second-order valence-electron chi connectivity index (χ2n) is 5.14. The van der Waals surface area contributed by atoms with Crippen molar-refractivity contribution >= 4 is 6.03 Å². The van der Waals surface area contributed by atoms with Crippen molar-refractivity contribution < 1.29 is 9.90 Å². The zero-order valence-electron chi connectivity index (χ0n) is 11.9. The lowest BCUT2D eigenvalue weighted by Gasteiger charge is -2.26. The number of amides is 2. The number of rotatable bonds is 6. The van der Waals surface area contributed by atoms with Gasteiger partial charge in [-0.25, -0.2) is 4.79 Å². The lowest BCUT2D eigenvalue weighted by Crippen LogP contribution is -2.46. The Labute approximate surface area is 110 Å². The van der Waals surface area contributed by atoms with Crippen LogP contribution in [0, 0.1) is 0 Å². The van der Waals surface area contributed by atoms with E-state index in [-0.39, 0.29) is 18.7 Å². The third kappa shape index (κ3) is 4.14. The number of carbonyl (C=O) groups is 1. The van der Waals surface area contributed by atoms with Crippen LogP contribution in [0.15, 0.2) is 0 Å². The molecule has 0 radical (unpaired) electrons. The minimum atomic E-state index is -0.0379. The number of likely N-dealkylation sites (N-methyl/N-ethyl adjacent to an activating group) is 1. The molecule has 18 heavy (non-hydrogen) atoms. The summed E-state index contributed by atoms with van der Waals surface area (Å²) < 4.78 is 0. The molecule has 1 heterocycles. The van der Waals surface area contributed by atoms with E-state index in [1.165, 1.54) is 0 Å². The van der Waals surface area contributed by atoms with Gasteiger partial charge in [0.05, 0.1) is 12.6 Å². The largest absolute Gasteiger partial charge is 0.394 e. The van der Waals surface area contributed by atoms with Crippen LogP contribution in [0.4, 0.5) is 4.79 Å². The average Bonchev–Trinajstić information content (AvgIpc) is 2.85. The minimum absolute atomic E-state index is 0.0114. The molecule has 1 fully saturated rings. The standard InChI is InChI=1S/C13H27N3O2/c1-4-11(2)15(3)9-7-14-13(18)16-8-5-6-12(16)10-17/h11-12,17H,4-10H2,1-3H3,(H,14,18). The first-order valence-corrected chi connectivity index (χ1v) is 6.95. The fourth-order valence-electron chi connectivity index (χ4n) is 2.27. The molecular formula is C13H27N3O2. The molecule has 2 unspecified atom stereocenters. The molecule has 0 aliphatic carbocycles. The van der Waals surface area contributed by atoms with Gasteiger partial charge < -0.3 is 20.2 Å². The fraction of sp³-hybridized carbons (Fsp3) is 0.923. The van der Waals surface area contributed by atoms with Gasteiger partial charge >= 0.3 is 6.03 Å². The highest BCUT2D eigenvalue weighted by Gasteiger charge is 2.27. The molecule has 5 heteroatoms. The van der Waals surface area contributed by atoms with Crippen LogP contribution in [0.3, 0.4) is 0 Å². The molecule has 5 nitrogen and oxygen atoms in total. The van der Waals surface area contributed by atoms with Crippen molar-refractivity contribution in [2.24, 2.45) is 0 Å². The molecule has 106 valence electrons. The van der Waals surface area contributed by atoms with Gasteiger partial charge in [-0.3, -0.25) is 0 Å². The van der Waals surface area contributed by atoms with Crippen LogP contribution in [0.25, 0.3) is 0 Å². The lowest BCUT2D eigenvalue weighted by molar-refractivity contribution is 0.155. The van der Waals surface area contributed by atoms with Gasteiger partial charge in [0.15, 0.2) is 0 Å². The highest BCUT2D eigenvalue weighted by atomic mass is 16.3. The highest BCUT2D eigenvalue weighted by Crippen LogP contribution is 2.16. The molecule has 0 spiro atoms. The van der Waals surface area contributed by atoms with E-state index < -0.39 is 0 Å². The smallest absolute Gasteiger partial charge is 0.317 e. The molecule has 0 aromatic carbocycles. The predicted molar refractivity (Wildman–Crippen MR) is 72.6 cm³/mol. The molecule has 0 bridgehead atoms. The number of urea groups is 1. The first-order chi connectivity index (χ1) is 8.60. The number of aliphatic hydroxyl groups excluding tert-OH is 1. The summed E-state index contributed by atoms with van der Waals surface area (Å²) in [7, 11) is 2.08. The van der Waals surface area contributed by atoms with Gasteiger partial charge in [-0.05, 0) is 33.2 Å². The molecule has 0 aromatic rings. The Morgan fingerprint density at radius 3 is 2.94 bits per heavy atom. The van der Waals surface area contributed by atoms with Gasteiger partial charge in [0.25, 0.3) is 0 Å². The van der Waals surface area contributed by atoms with Crippen LogP contribution in [-0.2, 0) is 0 Å². The maximum absolute atomic E-state index is 11.9.